The summed E-state index contributed by atoms with van der Waals surface area (Å²) in [5.74, 6) is 1.01. The number of fused-ring (bicyclic) bond motifs is 2. The van der Waals surface area contributed by atoms with Gasteiger partial charge in [-0.2, -0.15) is 5.10 Å². The number of benzene rings is 1. The van der Waals surface area contributed by atoms with Gasteiger partial charge < -0.3 is 19.9 Å². The van der Waals surface area contributed by atoms with Crippen molar-refractivity contribution in [1.29, 1.82) is 0 Å². The van der Waals surface area contributed by atoms with Gasteiger partial charge in [-0.15, -0.1) is 0 Å². The van der Waals surface area contributed by atoms with Crippen molar-refractivity contribution in [2.24, 2.45) is 0 Å². The molecule has 4 rings (SSSR count). The van der Waals surface area contributed by atoms with Crippen LogP contribution < -0.4 is 10.1 Å². The first-order valence-corrected chi connectivity index (χ1v) is 8.81. The molecule has 0 radical (unpaired) electrons. The number of amides is 1. The van der Waals surface area contributed by atoms with E-state index in [9.17, 15) is 4.79 Å². The number of ether oxygens (including phenoxy) is 1. The molecule has 0 aliphatic rings. The molecule has 0 saturated heterocycles. The van der Waals surface area contributed by atoms with Gasteiger partial charge in [-0.25, -0.2) is 9.97 Å². The van der Waals surface area contributed by atoms with Gasteiger partial charge >= 0.3 is 0 Å². The van der Waals surface area contributed by atoms with Gasteiger partial charge in [0.15, 0.2) is 0 Å². The molecule has 0 aliphatic carbocycles. The maximum Gasteiger partial charge on any atom is 0.271 e. The van der Waals surface area contributed by atoms with Gasteiger partial charge in [0.1, 0.15) is 29.2 Å². The third-order valence-electron chi connectivity index (χ3n) is 4.16. The minimum atomic E-state index is -0.164. The molecule has 0 spiro atoms. The van der Waals surface area contributed by atoms with E-state index < -0.39 is 0 Å². The Morgan fingerprint density at radius 2 is 2.11 bits per heavy atom. The minimum Gasteiger partial charge on any atom is -0.494 e. The molecule has 0 bridgehead atoms. The van der Waals surface area contributed by atoms with Gasteiger partial charge in [-0.05, 0) is 22.0 Å². The first-order valence-electron chi connectivity index (χ1n) is 8.01. The number of aromatic nitrogens is 5. The highest BCUT2D eigenvalue weighted by molar-refractivity contribution is 9.10. The summed E-state index contributed by atoms with van der Waals surface area (Å²) in [5.41, 5.74) is 2.55. The summed E-state index contributed by atoms with van der Waals surface area (Å²) in [4.78, 5) is 25.5. The van der Waals surface area contributed by atoms with Crippen LogP contribution in [0.4, 0.5) is 11.5 Å². The van der Waals surface area contributed by atoms with Crippen LogP contribution in [0.15, 0.2) is 29.1 Å². The summed E-state index contributed by atoms with van der Waals surface area (Å²) in [6.45, 7) is 0. The first-order chi connectivity index (χ1) is 13.0. The lowest BCUT2D eigenvalue weighted by Crippen LogP contribution is -2.22. The van der Waals surface area contributed by atoms with E-state index in [2.05, 4.69) is 46.4 Å². The Morgan fingerprint density at radius 3 is 2.85 bits per heavy atom. The number of methoxy groups -OCH3 is 1. The number of nitrogens with zero attached hydrogens (tertiary/aromatic N) is 4. The number of hydrogen-bond donors (Lipinski definition) is 3. The zero-order valence-electron chi connectivity index (χ0n) is 14.8. The zero-order chi connectivity index (χ0) is 19.1. The quantitative estimate of drug-likeness (QED) is 0.459. The normalized spacial score (nSPS) is 11.1. The van der Waals surface area contributed by atoms with Gasteiger partial charge in [0.2, 0.25) is 0 Å². The maximum absolute atomic E-state index is 12.4. The van der Waals surface area contributed by atoms with Crippen LogP contribution in [0.5, 0.6) is 5.75 Å². The number of halogens is 1. The van der Waals surface area contributed by atoms with E-state index in [0.29, 0.717) is 32.8 Å². The predicted molar refractivity (Wildman–Crippen MR) is 106 cm³/mol. The molecule has 0 saturated carbocycles. The van der Waals surface area contributed by atoms with E-state index in [1.807, 2.05) is 12.1 Å². The second-order valence-corrected chi connectivity index (χ2v) is 6.89. The van der Waals surface area contributed by atoms with Gasteiger partial charge in [0.05, 0.1) is 34.4 Å². The third-order valence-corrected chi connectivity index (χ3v) is 4.96. The van der Waals surface area contributed by atoms with Crippen LogP contribution in [0, 0.1) is 0 Å². The third kappa shape index (κ3) is 2.87. The Bertz CT molecular complexity index is 1160. The number of carbonyl (C=O) groups excluding carboxylic acids is 1. The largest absolute Gasteiger partial charge is 0.494 e. The molecule has 0 fully saturated rings. The molecule has 3 aromatic heterocycles. The monoisotopic (exact) mass is 429 g/mol. The molecule has 27 heavy (non-hydrogen) atoms. The van der Waals surface area contributed by atoms with E-state index >= 15 is 0 Å². The molecule has 0 atom stereocenters. The molecule has 0 unspecified atom stereocenters. The van der Waals surface area contributed by atoms with Gasteiger partial charge in [0, 0.05) is 25.5 Å². The van der Waals surface area contributed by atoms with E-state index in [-0.39, 0.29) is 5.91 Å². The number of aromatic amines is 2. The fourth-order valence-electron chi connectivity index (χ4n) is 2.82. The number of anilines is 2. The number of rotatable bonds is 4. The van der Waals surface area contributed by atoms with E-state index in [4.69, 9.17) is 4.74 Å². The Balaban J connectivity index is 1.84. The molecular formula is C17H16BrN7O2. The molecule has 0 aliphatic heterocycles. The van der Waals surface area contributed by atoms with E-state index in [1.54, 1.807) is 27.4 Å². The molecule has 3 N–H and O–H groups in total. The van der Waals surface area contributed by atoms with Crippen molar-refractivity contribution in [1.82, 2.24) is 30.0 Å². The molecule has 138 valence electrons. The molecule has 10 heteroatoms. The molecule has 1 aromatic carbocycles. The van der Waals surface area contributed by atoms with E-state index in [0.717, 1.165) is 16.6 Å². The number of H-pyrrole nitrogens is 2. The van der Waals surface area contributed by atoms with Crippen LogP contribution in [0.3, 0.4) is 0 Å². The Hall–Kier alpha value is -3.14. The predicted octanol–water partition coefficient (Wildman–Crippen LogP) is 3.05. The first kappa shape index (κ1) is 17.3. The molecule has 4 aromatic rings. The minimum absolute atomic E-state index is 0.164. The second-order valence-electron chi connectivity index (χ2n) is 6.09. The summed E-state index contributed by atoms with van der Waals surface area (Å²) >= 11 is 3.51. The van der Waals surface area contributed by atoms with Crippen molar-refractivity contribution >= 4 is 55.3 Å². The SMILES string of the molecule is COc1cc2[nH]ncc2cc1Nc1ncnc2[nH]c(C(=O)N(C)C)c(Br)c12. The highest BCUT2D eigenvalue weighted by Gasteiger charge is 2.21. The highest BCUT2D eigenvalue weighted by atomic mass is 79.9. The Labute approximate surface area is 162 Å². The van der Waals surface area contributed by atoms with Gasteiger partial charge in [-0.1, -0.05) is 0 Å². The lowest BCUT2D eigenvalue weighted by molar-refractivity contribution is 0.0822. The van der Waals surface area contributed by atoms with Crippen molar-refractivity contribution in [2.45, 2.75) is 0 Å². The summed E-state index contributed by atoms with van der Waals surface area (Å²) in [5, 5.41) is 11.8. The standard InChI is InChI=1S/C17H16BrN7O2/c1-25(2)17(26)14-13(18)12-15(19-7-20-16(12)23-14)22-10-4-8-6-21-24-9(8)5-11(10)27-3/h4-7H,1-3H3,(H,21,24)(H2,19,20,22,23). The lowest BCUT2D eigenvalue weighted by Gasteiger charge is -2.12. The number of hydrogen-bond acceptors (Lipinski definition) is 6. The Morgan fingerprint density at radius 1 is 1.30 bits per heavy atom. The van der Waals surface area contributed by atoms with Crippen molar-refractivity contribution in [2.75, 3.05) is 26.5 Å². The van der Waals surface area contributed by atoms with Crippen LogP contribution >= 0.6 is 15.9 Å². The maximum atomic E-state index is 12.4. The molecular weight excluding hydrogens is 414 g/mol. The number of nitrogens with one attached hydrogen (secondary N) is 3. The lowest BCUT2D eigenvalue weighted by atomic mass is 10.2. The zero-order valence-corrected chi connectivity index (χ0v) is 16.4. The van der Waals surface area contributed by atoms with Crippen LogP contribution in [0.25, 0.3) is 21.9 Å². The average molecular weight is 430 g/mol. The van der Waals surface area contributed by atoms with Crippen molar-refractivity contribution < 1.29 is 9.53 Å². The fourth-order valence-corrected chi connectivity index (χ4v) is 3.46. The van der Waals surface area contributed by atoms with Gasteiger partial charge in [-0.3, -0.25) is 9.89 Å². The van der Waals surface area contributed by atoms with Crippen molar-refractivity contribution in [3.05, 3.63) is 34.8 Å². The van der Waals surface area contributed by atoms with E-state index in [1.165, 1.54) is 11.2 Å². The molecule has 9 nitrogen and oxygen atoms in total. The van der Waals surface area contributed by atoms with Crippen LogP contribution in [-0.4, -0.2) is 57.2 Å². The van der Waals surface area contributed by atoms with Crippen LogP contribution in [-0.2, 0) is 0 Å². The summed E-state index contributed by atoms with van der Waals surface area (Å²) in [7, 11) is 4.98. The van der Waals surface area contributed by atoms with Crippen molar-refractivity contribution in [3.8, 4) is 5.75 Å². The molecule has 3 heterocycles. The average Bonchev–Trinajstić information content (AvgIpc) is 3.24. The summed E-state index contributed by atoms with van der Waals surface area (Å²) in [6.07, 6.45) is 3.16. The molecule has 1 amide bonds. The summed E-state index contributed by atoms with van der Waals surface area (Å²) in [6, 6.07) is 3.77. The van der Waals surface area contributed by atoms with Crippen molar-refractivity contribution in [3.63, 3.8) is 0 Å². The topological polar surface area (TPSA) is 112 Å². The number of carbonyl (C=O) groups is 1. The van der Waals surface area contributed by atoms with Crippen LogP contribution in [0.1, 0.15) is 10.5 Å². The smallest absolute Gasteiger partial charge is 0.271 e. The van der Waals surface area contributed by atoms with Crippen LogP contribution in [0.2, 0.25) is 0 Å². The second kappa shape index (κ2) is 6.54. The van der Waals surface area contributed by atoms with Gasteiger partial charge in [0.25, 0.3) is 5.91 Å². The summed E-state index contributed by atoms with van der Waals surface area (Å²) < 4.78 is 6.08. The Kier molecular flexibility index (Phi) is 4.19. The fraction of sp³-hybridized carbons (Fsp3) is 0.176. The highest BCUT2D eigenvalue weighted by Crippen LogP contribution is 2.36.